The van der Waals surface area contributed by atoms with Gasteiger partial charge in [-0.05, 0) is 56.1 Å². The summed E-state index contributed by atoms with van der Waals surface area (Å²) in [5.74, 6) is 1.33. The smallest absolute Gasteiger partial charge is 0.221 e. The predicted molar refractivity (Wildman–Crippen MR) is 88.7 cm³/mol. The average Bonchev–Trinajstić information content (AvgIpc) is 2.75. The van der Waals surface area contributed by atoms with Gasteiger partial charge in [0.15, 0.2) is 4.67 Å². The Morgan fingerprint density at radius 1 is 1.33 bits per heavy atom. The number of halogens is 2. The number of anilines is 2. The van der Waals surface area contributed by atoms with E-state index < -0.39 is 0 Å². The molecule has 0 aliphatic carbocycles. The van der Waals surface area contributed by atoms with Crippen LogP contribution in [0.3, 0.4) is 0 Å². The lowest BCUT2D eigenvalue weighted by molar-refractivity contribution is -0.114. The molecule has 0 radical (unpaired) electrons. The van der Waals surface area contributed by atoms with Crippen LogP contribution in [0.15, 0.2) is 37.8 Å². The molecule has 1 heterocycles. The predicted octanol–water partition coefficient (Wildman–Crippen LogP) is 4.38. The fraction of sp³-hybridized carbons (Fsp3) is 0.214. The molecule has 7 heteroatoms. The van der Waals surface area contributed by atoms with E-state index in [9.17, 15) is 4.79 Å². The fourth-order valence-corrected chi connectivity index (χ4v) is 2.45. The number of hydrogen-bond acceptors (Lipinski definition) is 4. The first-order chi connectivity index (χ1) is 9.99. The maximum absolute atomic E-state index is 11.1. The van der Waals surface area contributed by atoms with Gasteiger partial charge in [-0.2, -0.15) is 0 Å². The summed E-state index contributed by atoms with van der Waals surface area (Å²) in [4.78, 5) is 11.1. The van der Waals surface area contributed by atoms with Gasteiger partial charge < -0.3 is 19.8 Å². The monoisotopic (exact) mass is 416 g/mol. The molecule has 0 saturated carbocycles. The number of carbonyl (C=O) groups is 1. The van der Waals surface area contributed by atoms with Gasteiger partial charge in [0.2, 0.25) is 5.91 Å². The molecule has 1 aromatic carbocycles. The van der Waals surface area contributed by atoms with Gasteiger partial charge in [0, 0.05) is 12.6 Å². The van der Waals surface area contributed by atoms with E-state index in [0.29, 0.717) is 22.7 Å². The van der Waals surface area contributed by atoms with E-state index >= 15 is 0 Å². The van der Waals surface area contributed by atoms with Crippen molar-refractivity contribution in [3.05, 3.63) is 39.2 Å². The molecule has 2 aromatic rings. The van der Waals surface area contributed by atoms with Crippen LogP contribution in [-0.2, 0) is 11.3 Å². The minimum atomic E-state index is -0.120. The third kappa shape index (κ3) is 4.25. The van der Waals surface area contributed by atoms with Crippen LogP contribution in [0.1, 0.15) is 12.7 Å². The number of carbonyl (C=O) groups excluding carboxylic acids is 1. The number of hydrogen-bond donors (Lipinski definition) is 2. The Balaban J connectivity index is 2.14. The van der Waals surface area contributed by atoms with Crippen molar-refractivity contribution in [2.45, 2.75) is 13.5 Å². The highest BCUT2D eigenvalue weighted by Gasteiger charge is 2.09. The first-order valence-corrected chi connectivity index (χ1v) is 7.71. The first kappa shape index (κ1) is 15.9. The molecule has 5 nitrogen and oxygen atoms in total. The van der Waals surface area contributed by atoms with Crippen LogP contribution in [0.5, 0.6) is 5.75 Å². The maximum atomic E-state index is 11.1. The average molecular weight is 418 g/mol. The van der Waals surface area contributed by atoms with Crippen molar-refractivity contribution in [3.63, 3.8) is 0 Å². The molecule has 2 rings (SSSR count). The number of benzene rings is 1. The van der Waals surface area contributed by atoms with Gasteiger partial charge in [0.1, 0.15) is 11.5 Å². The number of amides is 1. The summed E-state index contributed by atoms with van der Waals surface area (Å²) in [7, 11) is 1.60. The zero-order valence-electron chi connectivity index (χ0n) is 11.5. The van der Waals surface area contributed by atoms with Crippen molar-refractivity contribution in [1.82, 2.24) is 0 Å². The molecule has 2 N–H and O–H groups in total. The molecule has 0 fully saturated rings. The molecule has 1 aromatic heterocycles. The van der Waals surface area contributed by atoms with E-state index in [2.05, 4.69) is 42.5 Å². The second kappa shape index (κ2) is 7.00. The molecule has 112 valence electrons. The quantitative estimate of drug-likeness (QED) is 0.757. The number of nitrogens with one attached hydrogen (secondary N) is 2. The molecule has 0 saturated heterocycles. The van der Waals surface area contributed by atoms with Crippen LogP contribution in [0.2, 0.25) is 0 Å². The summed E-state index contributed by atoms with van der Waals surface area (Å²) in [6.45, 7) is 1.96. The highest BCUT2D eigenvalue weighted by atomic mass is 79.9. The molecule has 0 bridgehead atoms. The highest BCUT2D eigenvalue weighted by molar-refractivity contribution is 9.13. The molecule has 0 unspecified atom stereocenters. The molecular weight excluding hydrogens is 404 g/mol. The number of ether oxygens (including phenoxy) is 1. The number of methoxy groups -OCH3 is 1. The van der Waals surface area contributed by atoms with Crippen molar-refractivity contribution in [1.29, 1.82) is 0 Å². The second-order valence-electron chi connectivity index (χ2n) is 4.28. The van der Waals surface area contributed by atoms with Crippen molar-refractivity contribution < 1.29 is 13.9 Å². The van der Waals surface area contributed by atoms with Gasteiger partial charge >= 0.3 is 0 Å². The maximum Gasteiger partial charge on any atom is 0.221 e. The summed E-state index contributed by atoms with van der Waals surface area (Å²) in [5, 5.41) is 5.96. The molecule has 0 aliphatic heterocycles. The molecule has 1 amide bonds. The topological polar surface area (TPSA) is 63.5 Å². The minimum Gasteiger partial charge on any atom is -0.495 e. The van der Waals surface area contributed by atoms with Crippen molar-refractivity contribution in [2.75, 3.05) is 17.7 Å². The Morgan fingerprint density at radius 3 is 2.67 bits per heavy atom. The summed E-state index contributed by atoms with van der Waals surface area (Å²) in [6.07, 6.45) is 0. The number of rotatable bonds is 5. The zero-order chi connectivity index (χ0) is 15.4. The summed E-state index contributed by atoms with van der Waals surface area (Å²) in [5.41, 5.74) is 1.47. The van der Waals surface area contributed by atoms with Crippen LogP contribution >= 0.6 is 31.9 Å². The molecular formula is C14H14Br2N2O3. The van der Waals surface area contributed by atoms with Crippen LogP contribution in [-0.4, -0.2) is 13.0 Å². The van der Waals surface area contributed by atoms with Crippen molar-refractivity contribution in [3.8, 4) is 5.75 Å². The molecule has 21 heavy (non-hydrogen) atoms. The summed E-state index contributed by atoms with van der Waals surface area (Å²) < 4.78 is 12.3. The van der Waals surface area contributed by atoms with Crippen LogP contribution in [0.25, 0.3) is 0 Å². The lowest BCUT2D eigenvalue weighted by Crippen LogP contribution is -2.07. The van der Waals surface area contributed by atoms with Gasteiger partial charge in [0.25, 0.3) is 0 Å². The Kier molecular flexibility index (Phi) is 5.30. The third-order valence-electron chi connectivity index (χ3n) is 2.67. The molecule has 0 spiro atoms. The highest BCUT2D eigenvalue weighted by Crippen LogP contribution is 2.30. The van der Waals surface area contributed by atoms with E-state index in [1.807, 2.05) is 12.1 Å². The van der Waals surface area contributed by atoms with Gasteiger partial charge in [-0.1, -0.05) is 0 Å². The Bertz CT molecular complexity index is 636. The second-order valence-corrected chi connectivity index (χ2v) is 5.86. The van der Waals surface area contributed by atoms with Crippen LogP contribution < -0.4 is 15.4 Å². The third-order valence-corrected chi connectivity index (χ3v) is 4.38. The first-order valence-electron chi connectivity index (χ1n) is 6.13. The Morgan fingerprint density at radius 2 is 2.10 bits per heavy atom. The summed E-state index contributed by atoms with van der Waals surface area (Å²) >= 11 is 6.66. The van der Waals surface area contributed by atoms with Crippen LogP contribution in [0.4, 0.5) is 11.4 Å². The van der Waals surface area contributed by atoms with E-state index in [0.717, 1.165) is 15.9 Å². The Labute approximate surface area is 139 Å². The van der Waals surface area contributed by atoms with Gasteiger partial charge in [-0.25, -0.2) is 0 Å². The van der Waals surface area contributed by atoms with E-state index in [1.165, 1.54) is 6.92 Å². The van der Waals surface area contributed by atoms with Gasteiger partial charge in [-0.15, -0.1) is 0 Å². The van der Waals surface area contributed by atoms with Crippen molar-refractivity contribution >= 4 is 49.1 Å². The minimum absolute atomic E-state index is 0.120. The van der Waals surface area contributed by atoms with Gasteiger partial charge in [0.05, 0.1) is 23.8 Å². The lowest BCUT2D eigenvalue weighted by atomic mass is 10.2. The normalized spacial score (nSPS) is 10.3. The van der Waals surface area contributed by atoms with Crippen molar-refractivity contribution in [2.24, 2.45) is 0 Å². The van der Waals surface area contributed by atoms with E-state index in [1.54, 1.807) is 19.2 Å². The SMILES string of the molecule is COc1ccc(NC(C)=O)cc1NCc1cc(Br)c(Br)o1. The number of furan rings is 1. The Hall–Kier alpha value is -1.47. The van der Waals surface area contributed by atoms with E-state index in [-0.39, 0.29) is 5.91 Å². The zero-order valence-corrected chi connectivity index (χ0v) is 14.7. The molecule has 0 atom stereocenters. The van der Waals surface area contributed by atoms with E-state index in [4.69, 9.17) is 9.15 Å². The lowest BCUT2D eigenvalue weighted by Gasteiger charge is -2.12. The van der Waals surface area contributed by atoms with Gasteiger partial charge in [-0.3, -0.25) is 4.79 Å². The fourth-order valence-electron chi connectivity index (χ4n) is 1.79. The molecule has 0 aliphatic rings. The standard InChI is InChI=1S/C14H14Br2N2O3/c1-8(19)18-9-3-4-13(20-2)12(5-9)17-7-10-6-11(15)14(16)21-10/h3-6,17H,7H2,1-2H3,(H,18,19). The van der Waals surface area contributed by atoms with Crippen LogP contribution in [0, 0.1) is 0 Å². The summed E-state index contributed by atoms with van der Waals surface area (Å²) in [6, 6.07) is 7.27. The largest absolute Gasteiger partial charge is 0.495 e.